The number of fused-ring (bicyclic) bond motifs is 4. The molecule has 1 atom stereocenters. The summed E-state index contributed by atoms with van der Waals surface area (Å²) in [5.74, 6) is -0.683. The van der Waals surface area contributed by atoms with Gasteiger partial charge in [-0.2, -0.15) is 5.26 Å². The highest BCUT2D eigenvalue weighted by molar-refractivity contribution is 6.13. The van der Waals surface area contributed by atoms with Crippen LogP contribution in [0.15, 0.2) is 18.2 Å². The van der Waals surface area contributed by atoms with Crippen molar-refractivity contribution >= 4 is 17.7 Å². The molecule has 0 amide bonds. The van der Waals surface area contributed by atoms with Crippen molar-refractivity contribution in [3.63, 3.8) is 0 Å². The van der Waals surface area contributed by atoms with E-state index in [-0.39, 0.29) is 17.6 Å². The number of ketones is 1. The number of hydrogen-bond donors (Lipinski definition) is 1. The van der Waals surface area contributed by atoms with Crippen LogP contribution >= 0.6 is 0 Å². The van der Waals surface area contributed by atoms with E-state index in [2.05, 4.69) is 23.7 Å². The second kappa shape index (κ2) is 7.97. The molecular formula is C25H28FN3O2. The van der Waals surface area contributed by atoms with Gasteiger partial charge in [0.15, 0.2) is 5.78 Å². The highest BCUT2D eigenvalue weighted by atomic mass is 19.1. The van der Waals surface area contributed by atoms with Crippen LogP contribution in [0.5, 0.6) is 5.75 Å². The first-order chi connectivity index (χ1) is 14.8. The number of aromatic amines is 1. The van der Waals surface area contributed by atoms with Crippen LogP contribution in [0.25, 0.3) is 11.9 Å². The van der Waals surface area contributed by atoms with Gasteiger partial charge >= 0.3 is 0 Å². The summed E-state index contributed by atoms with van der Waals surface area (Å²) in [7, 11) is 0. The first-order valence-electron chi connectivity index (χ1n) is 10.9. The van der Waals surface area contributed by atoms with Crippen molar-refractivity contribution < 1.29 is 13.9 Å². The van der Waals surface area contributed by atoms with E-state index < -0.39 is 17.2 Å². The van der Waals surface area contributed by atoms with Gasteiger partial charge in [0.05, 0.1) is 17.0 Å². The van der Waals surface area contributed by atoms with E-state index in [1.165, 1.54) is 0 Å². The third-order valence-electron chi connectivity index (χ3n) is 6.63. The zero-order valence-corrected chi connectivity index (χ0v) is 18.5. The van der Waals surface area contributed by atoms with Crippen LogP contribution in [-0.2, 0) is 5.41 Å². The molecule has 0 spiro atoms. The number of nitrogens with one attached hydrogen (secondary N) is 1. The molecule has 2 aliphatic carbocycles. The topological polar surface area (TPSA) is 69.1 Å². The second-order valence-corrected chi connectivity index (χ2v) is 8.67. The van der Waals surface area contributed by atoms with Gasteiger partial charge in [-0.05, 0) is 43.3 Å². The molecule has 5 nitrogen and oxygen atoms in total. The first kappa shape index (κ1) is 21.3. The van der Waals surface area contributed by atoms with Crippen molar-refractivity contribution in [2.24, 2.45) is 5.92 Å². The Morgan fingerprint density at radius 2 is 2.06 bits per heavy atom. The minimum atomic E-state index is -0.806. The lowest BCUT2D eigenvalue weighted by Crippen LogP contribution is -2.35. The molecule has 0 saturated heterocycles. The number of ether oxygens (including phenoxy) is 1. The zero-order valence-electron chi connectivity index (χ0n) is 18.5. The summed E-state index contributed by atoms with van der Waals surface area (Å²) in [5, 5.41) is 10.1. The van der Waals surface area contributed by atoms with E-state index in [9.17, 15) is 14.4 Å². The molecule has 4 rings (SSSR count). The van der Waals surface area contributed by atoms with Gasteiger partial charge in [-0.25, -0.2) is 4.39 Å². The van der Waals surface area contributed by atoms with Crippen molar-refractivity contribution in [1.82, 2.24) is 9.88 Å². The maximum absolute atomic E-state index is 14.9. The number of rotatable bonds is 6. The SMILES string of the molecule is CCN(CC)CCOc1ccc2c(c1)C(C)(C)c1[nH]c3c(c1C2=O)=CCC(C#N)C=3F. The normalized spacial score (nSPS) is 18.7. The first-order valence-corrected chi connectivity index (χ1v) is 10.9. The number of benzene rings is 1. The van der Waals surface area contributed by atoms with Gasteiger partial charge in [-0.1, -0.05) is 33.8 Å². The third kappa shape index (κ3) is 3.37. The summed E-state index contributed by atoms with van der Waals surface area (Å²) in [4.78, 5) is 18.8. The van der Waals surface area contributed by atoms with Crippen molar-refractivity contribution in [1.29, 1.82) is 5.26 Å². The molecule has 31 heavy (non-hydrogen) atoms. The summed E-state index contributed by atoms with van der Waals surface area (Å²) in [6, 6.07) is 7.58. The van der Waals surface area contributed by atoms with E-state index >= 15 is 0 Å². The molecule has 6 heteroatoms. The number of carbonyl (C=O) groups excluding carboxylic acids is 1. The molecule has 1 aromatic carbocycles. The predicted octanol–water partition coefficient (Wildman–Crippen LogP) is 3.01. The van der Waals surface area contributed by atoms with E-state index in [0.717, 1.165) is 30.9 Å². The van der Waals surface area contributed by atoms with Crippen LogP contribution in [0.2, 0.25) is 0 Å². The van der Waals surface area contributed by atoms with Crippen molar-refractivity contribution in [3.05, 3.63) is 51.2 Å². The summed E-state index contributed by atoms with van der Waals surface area (Å²) < 4.78 is 20.9. The van der Waals surface area contributed by atoms with Crippen LogP contribution in [0.4, 0.5) is 4.39 Å². The third-order valence-corrected chi connectivity index (χ3v) is 6.63. The number of carbonyl (C=O) groups is 1. The molecule has 0 fully saturated rings. The van der Waals surface area contributed by atoms with E-state index in [4.69, 9.17) is 4.74 Å². The Morgan fingerprint density at radius 1 is 1.32 bits per heavy atom. The summed E-state index contributed by atoms with van der Waals surface area (Å²) in [6.07, 6.45) is 2.09. The maximum Gasteiger partial charge on any atom is 0.195 e. The molecule has 0 bridgehead atoms. The summed E-state index contributed by atoms with van der Waals surface area (Å²) in [6.45, 7) is 11.7. The fourth-order valence-electron chi connectivity index (χ4n) is 4.66. The van der Waals surface area contributed by atoms with Crippen molar-refractivity contribution in [3.8, 4) is 11.8 Å². The van der Waals surface area contributed by atoms with E-state index in [1.807, 2.05) is 44.2 Å². The lowest BCUT2D eigenvalue weighted by molar-refractivity contribution is 0.103. The molecule has 1 heterocycles. The van der Waals surface area contributed by atoms with Gasteiger partial charge < -0.3 is 14.6 Å². The van der Waals surface area contributed by atoms with Gasteiger partial charge in [0, 0.05) is 28.4 Å². The van der Waals surface area contributed by atoms with Gasteiger partial charge in [0.2, 0.25) is 0 Å². The highest BCUT2D eigenvalue weighted by Gasteiger charge is 2.40. The molecule has 2 aliphatic rings. The van der Waals surface area contributed by atoms with Crippen LogP contribution < -0.4 is 15.3 Å². The Hall–Kier alpha value is -2.91. The highest BCUT2D eigenvalue weighted by Crippen LogP contribution is 2.40. The molecule has 2 aromatic rings. The van der Waals surface area contributed by atoms with Crippen LogP contribution in [0, 0.1) is 17.2 Å². The number of nitrogens with zero attached hydrogens (tertiary/aromatic N) is 2. The maximum atomic E-state index is 14.9. The van der Waals surface area contributed by atoms with Gasteiger partial charge in [-0.3, -0.25) is 4.79 Å². The quantitative estimate of drug-likeness (QED) is 0.779. The number of aromatic nitrogens is 1. The van der Waals surface area contributed by atoms with Crippen LogP contribution in [-0.4, -0.2) is 41.9 Å². The fraction of sp³-hybridized carbons (Fsp3) is 0.440. The molecule has 1 N–H and O–H groups in total. The zero-order chi connectivity index (χ0) is 22.3. The number of nitriles is 1. The van der Waals surface area contributed by atoms with Crippen molar-refractivity contribution in [2.45, 2.75) is 39.5 Å². The summed E-state index contributed by atoms with van der Waals surface area (Å²) in [5.41, 5.74) is 2.16. The summed E-state index contributed by atoms with van der Waals surface area (Å²) >= 11 is 0. The molecule has 0 aliphatic heterocycles. The monoisotopic (exact) mass is 421 g/mol. The Kier molecular flexibility index (Phi) is 5.49. The van der Waals surface area contributed by atoms with Gasteiger partial charge in [-0.15, -0.1) is 0 Å². The Labute approximate surface area is 181 Å². The largest absolute Gasteiger partial charge is 0.492 e. The average Bonchev–Trinajstić information content (AvgIpc) is 3.17. The van der Waals surface area contributed by atoms with E-state index in [0.29, 0.717) is 28.6 Å². The molecule has 1 unspecified atom stereocenters. The molecular weight excluding hydrogens is 393 g/mol. The molecule has 0 saturated carbocycles. The molecule has 162 valence electrons. The molecule has 1 aromatic heterocycles. The fourth-order valence-corrected chi connectivity index (χ4v) is 4.66. The number of hydrogen-bond acceptors (Lipinski definition) is 4. The lowest BCUT2D eigenvalue weighted by Gasteiger charge is -2.32. The minimum Gasteiger partial charge on any atom is -0.492 e. The Bertz CT molecular complexity index is 1200. The minimum absolute atomic E-state index is 0.115. The van der Waals surface area contributed by atoms with Gasteiger partial charge in [0.1, 0.15) is 24.1 Å². The van der Waals surface area contributed by atoms with Gasteiger partial charge in [0.25, 0.3) is 0 Å². The lowest BCUT2D eigenvalue weighted by atomic mass is 9.71. The van der Waals surface area contributed by atoms with Crippen LogP contribution in [0.1, 0.15) is 61.3 Å². The number of halogens is 1. The van der Waals surface area contributed by atoms with Crippen LogP contribution in [0.3, 0.4) is 0 Å². The number of H-pyrrole nitrogens is 1. The predicted molar refractivity (Wildman–Crippen MR) is 118 cm³/mol. The molecule has 0 radical (unpaired) electrons. The standard InChI is InChI=1S/C25H28FN3O2/c1-5-29(6-2)11-12-31-16-8-10-17-19(13-16)25(3,4)24-20(23(17)30)18-9-7-15(14-27)21(26)22(18)28-24/h8-10,13,15,28H,5-7,11-12H2,1-4H3. The Balaban J connectivity index is 1.74. The Morgan fingerprint density at radius 3 is 2.74 bits per heavy atom. The average molecular weight is 422 g/mol. The van der Waals surface area contributed by atoms with Crippen molar-refractivity contribution in [2.75, 3.05) is 26.2 Å². The smallest absolute Gasteiger partial charge is 0.195 e. The number of likely N-dealkylation sites (N-methyl/N-ethyl adjacent to an activating group) is 1. The second-order valence-electron chi connectivity index (χ2n) is 8.67. The van der Waals surface area contributed by atoms with E-state index in [1.54, 1.807) is 0 Å².